The summed E-state index contributed by atoms with van der Waals surface area (Å²) in [6, 6.07) is 7.21. The molecule has 1 fully saturated rings. The largest absolute Gasteiger partial charge is 0.377 e. The lowest BCUT2D eigenvalue weighted by Gasteiger charge is -2.22. The van der Waals surface area contributed by atoms with E-state index in [9.17, 15) is 8.42 Å². The highest BCUT2D eigenvalue weighted by atomic mass is 32.2. The lowest BCUT2D eigenvalue weighted by Crippen LogP contribution is -2.35. The van der Waals surface area contributed by atoms with Gasteiger partial charge in [-0.25, -0.2) is 8.42 Å². The Morgan fingerprint density at radius 2 is 2.00 bits per heavy atom. The number of hydrogen-bond acceptors (Lipinski definition) is 4. The summed E-state index contributed by atoms with van der Waals surface area (Å²) in [5.74, 6) is 0.0771. The summed E-state index contributed by atoms with van der Waals surface area (Å²) in [4.78, 5) is 0. The fourth-order valence-corrected chi connectivity index (χ4v) is 4.16. The highest BCUT2D eigenvalue weighted by molar-refractivity contribution is 7.92. The molecule has 1 saturated heterocycles. The zero-order chi connectivity index (χ0) is 14.8. The van der Waals surface area contributed by atoms with Crippen LogP contribution >= 0.6 is 0 Å². The summed E-state index contributed by atoms with van der Waals surface area (Å²) in [7, 11) is -3.25. The SMILES string of the molecule is Cc1ccc(C(N)C(C)S(=O)(=O)CC2CCCO2)cc1. The van der Waals surface area contributed by atoms with Crippen LogP contribution in [-0.2, 0) is 14.6 Å². The van der Waals surface area contributed by atoms with E-state index in [1.807, 2.05) is 31.2 Å². The molecule has 1 aromatic rings. The van der Waals surface area contributed by atoms with Gasteiger partial charge in [0.15, 0.2) is 9.84 Å². The molecule has 1 aliphatic rings. The molecule has 1 heterocycles. The van der Waals surface area contributed by atoms with Gasteiger partial charge in [-0.15, -0.1) is 0 Å². The Hall–Kier alpha value is -0.910. The third-order valence-electron chi connectivity index (χ3n) is 3.98. The number of sulfone groups is 1. The zero-order valence-corrected chi connectivity index (χ0v) is 12.9. The highest BCUT2D eigenvalue weighted by Crippen LogP contribution is 2.23. The molecule has 0 saturated carbocycles. The lowest BCUT2D eigenvalue weighted by molar-refractivity contribution is 0.127. The molecule has 112 valence electrons. The van der Waals surface area contributed by atoms with E-state index in [4.69, 9.17) is 10.5 Å². The van der Waals surface area contributed by atoms with Crippen LogP contribution in [0.5, 0.6) is 0 Å². The minimum atomic E-state index is -3.25. The third-order valence-corrected chi connectivity index (χ3v) is 6.24. The van der Waals surface area contributed by atoms with Gasteiger partial charge in [0.2, 0.25) is 0 Å². The minimum Gasteiger partial charge on any atom is -0.377 e. The Bertz CT molecular complexity index is 533. The van der Waals surface area contributed by atoms with Crippen molar-refractivity contribution in [3.63, 3.8) is 0 Å². The van der Waals surface area contributed by atoms with Crippen molar-refractivity contribution in [2.24, 2.45) is 5.73 Å². The van der Waals surface area contributed by atoms with Crippen molar-refractivity contribution in [2.45, 2.75) is 44.1 Å². The van der Waals surface area contributed by atoms with Gasteiger partial charge in [-0.3, -0.25) is 0 Å². The molecule has 2 rings (SSSR count). The van der Waals surface area contributed by atoms with Gasteiger partial charge >= 0.3 is 0 Å². The lowest BCUT2D eigenvalue weighted by atomic mass is 10.0. The smallest absolute Gasteiger partial charge is 0.157 e. The molecule has 3 unspecified atom stereocenters. The van der Waals surface area contributed by atoms with Crippen LogP contribution in [0.15, 0.2) is 24.3 Å². The van der Waals surface area contributed by atoms with Crippen LogP contribution in [0.25, 0.3) is 0 Å². The minimum absolute atomic E-state index is 0.0771. The summed E-state index contributed by atoms with van der Waals surface area (Å²) in [5, 5.41) is -0.602. The first-order valence-electron chi connectivity index (χ1n) is 7.05. The standard InChI is InChI=1S/C15H23NO3S/c1-11-5-7-13(8-6-11)15(16)12(2)20(17,18)10-14-4-3-9-19-14/h5-8,12,14-15H,3-4,9-10,16H2,1-2H3. The molecule has 20 heavy (non-hydrogen) atoms. The van der Waals surface area contributed by atoms with Gasteiger partial charge < -0.3 is 10.5 Å². The Kier molecular flexibility index (Phi) is 4.83. The number of ether oxygens (including phenoxy) is 1. The summed E-state index contributed by atoms with van der Waals surface area (Å²) in [6.45, 7) is 4.35. The van der Waals surface area contributed by atoms with Crippen LogP contribution < -0.4 is 5.73 Å². The number of rotatable bonds is 5. The number of benzene rings is 1. The van der Waals surface area contributed by atoms with Gasteiger partial charge in [0.1, 0.15) is 0 Å². The summed E-state index contributed by atoms with van der Waals surface area (Å²) in [5.41, 5.74) is 8.12. The fourth-order valence-electron chi connectivity index (χ4n) is 2.47. The van der Waals surface area contributed by atoms with Crippen LogP contribution in [0.3, 0.4) is 0 Å². The third kappa shape index (κ3) is 3.59. The van der Waals surface area contributed by atoms with Gasteiger partial charge in [-0.05, 0) is 32.3 Å². The predicted octanol–water partition coefficient (Wildman–Crippen LogP) is 1.98. The average molecular weight is 297 g/mol. The van der Waals surface area contributed by atoms with Crippen molar-refractivity contribution in [1.82, 2.24) is 0 Å². The van der Waals surface area contributed by atoms with Crippen molar-refractivity contribution in [2.75, 3.05) is 12.4 Å². The second kappa shape index (κ2) is 6.24. The quantitative estimate of drug-likeness (QED) is 0.902. The van der Waals surface area contributed by atoms with Crippen LogP contribution in [-0.4, -0.2) is 32.1 Å². The molecule has 5 heteroatoms. The molecule has 1 aliphatic heterocycles. The molecule has 0 aromatic heterocycles. The van der Waals surface area contributed by atoms with Crippen molar-refractivity contribution in [3.05, 3.63) is 35.4 Å². The molecular formula is C15H23NO3S. The van der Waals surface area contributed by atoms with E-state index in [1.54, 1.807) is 6.92 Å². The first-order chi connectivity index (χ1) is 9.40. The molecular weight excluding hydrogens is 274 g/mol. The average Bonchev–Trinajstić information content (AvgIpc) is 2.90. The van der Waals surface area contributed by atoms with Gasteiger partial charge in [-0.2, -0.15) is 0 Å². The van der Waals surface area contributed by atoms with Crippen LogP contribution in [0, 0.1) is 6.92 Å². The normalized spacial score (nSPS) is 22.6. The molecule has 0 bridgehead atoms. The molecule has 2 N–H and O–H groups in total. The Labute approximate surface area is 121 Å². The predicted molar refractivity (Wildman–Crippen MR) is 80.3 cm³/mol. The second-order valence-electron chi connectivity index (χ2n) is 5.61. The highest BCUT2D eigenvalue weighted by Gasteiger charge is 2.32. The molecule has 3 atom stereocenters. The first-order valence-corrected chi connectivity index (χ1v) is 8.77. The maximum Gasteiger partial charge on any atom is 0.157 e. The second-order valence-corrected chi connectivity index (χ2v) is 8.01. The van der Waals surface area contributed by atoms with Gasteiger partial charge in [0, 0.05) is 12.6 Å². The van der Waals surface area contributed by atoms with E-state index in [1.165, 1.54) is 0 Å². The van der Waals surface area contributed by atoms with Crippen LogP contribution in [0.2, 0.25) is 0 Å². The first kappa shape index (κ1) is 15.5. The van der Waals surface area contributed by atoms with Crippen molar-refractivity contribution in [3.8, 4) is 0 Å². The molecule has 0 aliphatic carbocycles. The van der Waals surface area contributed by atoms with Crippen molar-refractivity contribution in [1.29, 1.82) is 0 Å². The van der Waals surface area contributed by atoms with Crippen molar-refractivity contribution >= 4 is 9.84 Å². The van der Waals surface area contributed by atoms with E-state index in [2.05, 4.69) is 0 Å². The molecule has 0 amide bonds. The summed E-state index contributed by atoms with van der Waals surface area (Å²) in [6.07, 6.45) is 1.61. The summed E-state index contributed by atoms with van der Waals surface area (Å²) < 4.78 is 30.2. The maximum absolute atomic E-state index is 12.4. The van der Waals surface area contributed by atoms with E-state index in [0.29, 0.717) is 6.61 Å². The van der Waals surface area contributed by atoms with Crippen LogP contribution in [0.4, 0.5) is 0 Å². The van der Waals surface area contributed by atoms with E-state index >= 15 is 0 Å². The molecule has 0 spiro atoms. The number of aryl methyl sites for hydroxylation is 1. The Morgan fingerprint density at radius 3 is 2.55 bits per heavy atom. The van der Waals surface area contributed by atoms with Gasteiger partial charge in [0.25, 0.3) is 0 Å². The zero-order valence-electron chi connectivity index (χ0n) is 12.1. The van der Waals surface area contributed by atoms with E-state index in [0.717, 1.165) is 24.0 Å². The maximum atomic E-state index is 12.4. The molecule has 0 radical (unpaired) electrons. The molecule has 4 nitrogen and oxygen atoms in total. The number of nitrogens with two attached hydrogens (primary N) is 1. The monoisotopic (exact) mass is 297 g/mol. The van der Waals surface area contributed by atoms with Gasteiger partial charge in [-0.1, -0.05) is 29.8 Å². The van der Waals surface area contributed by atoms with Crippen LogP contribution in [0.1, 0.15) is 36.9 Å². The van der Waals surface area contributed by atoms with E-state index < -0.39 is 21.1 Å². The van der Waals surface area contributed by atoms with Gasteiger partial charge in [0.05, 0.1) is 17.1 Å². The topological polar surface area (TPSA) is 69.4 Å². The summed E-state index contributed by atoms with van der Waals surface area (Å²) >= 11 is 0. The fraction of sp³-hybridized carbons (Fsp3) is 0.600. The Balaban J connectivity index is 2.08. The van der Waals surface area contributed by atoms with Crippen molar-refractivity contribution < 1.29 is 13.2 Å². The number of hydrogen-bond donors (Lipinski definition) is 1. The Morgan fingerprint density at radius 1 is 1.35 bits per heavy atom. The van der Waals surface area contributed by atoms with E-state index in [-0.39, 0.29) is 11.9 Å². The molecule has 1 aromatic carbocycles.